The fourth-order valence-electron chi connectivity index (χ4n) is 2.92. The molecule has 0 bridgehead atoms. The molecule has 0 spiro atoms. The van der Waals surface area contributed by atoms with Crippen LogP contribution in [0.1, 0.15) is 6.42 Å². The fourth-order valence-corrected chi connectivity index (χ4v) is 3.99. The number of halogens is 3. The monoisotopic (exact) mass is 388 g/mol. The molecule has 26 heavy (non-hydrogen) atoms. The molecule has 1 saturated heterocycles. The van der Waals surface area contributed by atoms with Gasteiger partial charge in [0.1, 0.15) is 17.3 Å². The molecule has 1 fully saturated rings. The van der Waals surface area contributed by atoms with Gasteiger partial charge in [-0.1, -0.05) is 0 Å². The van der Waals surface area contributed by atoms with Crippen LogP contribution in [0.5, 0.6) is 0 Å². The summed E-state index contributed by atoms with van der Waals surface area (Å²) >= 11 is 0. The molecule has 1 atom stereocenters. The van der Waals surface area contributed by atoms with E-state index in [-0.39, 0.29) is 23.2 Å². The smallest absolute Gasteiger partial charge is 0.257 e. The number of nitrogens with one attached hydrogen (secondary N) is 1. The lowest BCUT2D eigenvalue weighted by Crippen LogP contribution is -2.31. The second kappa shape index (κ2) is 7.67. The number of benzene rings is 1. The van der Waals surface area contributed by atoms with E-state index < -0.39 is 23.0 Å². The third-order valence-corrected chi connectivity index (χ3v) is 5.66. The van der Waals surface area contributed by atoms with Gasteiger partial charge in [0.25, 0.3) is 6.43 Å². The van der Waals surface area contributed by atoms with Crippen molar-refractivity contribution in [3.63, 3.8) is 0 Å². The van der Waals surface area contributed by atoms with E-state index >= 15 is 0 Å². The molecular weight excluding hydrogens is 369 g/mol. The molecule has 2 aromatic rings. The summed E-state index contributed by atoms with van der Waals surface area (Å²) in [7, 11) is -3.80. The number of anilines is 1. The van der Waals surface area contributed by atoms with Gasteiger partial charge in [-0.05, 0) is 36.6 Å². The minimum absolute atomic E-state index is 0.103. The molecule has 3 rings (SSSR count). The fraction of sp³-hybridized carbons (Fsp3) is 0.438. The van der Waals surface area contributed by atoms with Crippen LogP contribution in [0.2, 0.25) is 0 Å². The lowest BCUT2D eigenvalue weighted by Gasteiger charge is -2.18. The van der Waals surface area contributed by atoms with Crippen LogP contribution in [0.25, 0.3) is 0 Å². The van der Waals surface area contributed by atoms with Gasteiger partial charge in [-0.3, -0.25) is 4.68 Å². The number of aromatic nitrogens is 2. The van der Waals surface area contributed by atoms with Crippen molar-refractivity contribution in [3.8, 4) is 0 Å². The van der Waals surface area contributed by atoms with E-state index in [4.69, 9.17) is 0 Å². The van der Waals surface area contributed by atoms with Crippen molar-refractivity contribution in [1.29, 1.82) is 0 Å². The first-order valence-electron chi connectivity index (χ1n) is 8.14. The lowest BCUT2D eigenvalue weighted by atomic mass is 10.1. The molecule has 1 aromatic heterocycles. The highest BCUT2D eigenvalue weighted by atomic mass is 32.2. The molecule has 1 aliphatic rings. The number of hydrogen-bond donors (Lipinski definition) is 1. The first-order chi connectivity index (χ1) is 12.3. The summed E-state index contributed by atoms with van der Waals surface area (Å²) in [5.74, 6) is -0.199. The van der Waals surface area contributed by atoms with E-state index in [0.717, 1.165) is 35.7 Å². The molecule has 6 nitrogen and oxygen atoms in total. The minimum atomic E-state index is -3.80. The predicted molar refractivity (Wildman–Crippen MR) is 90.1 cm³/mol. The molecule has 0 radical (unpaired) electrons. The number of sulfonamides is 1. The second-order valence-corrected chi connectivity index (χ2v) is 7.99. The molecule has 1 N–H and O–H groups in total. The summed E-state index contributed by atoms with van der Waals surface area (Å²) in [5.41, 5.74) is 0.894. The Morgan fingerprint density at radius 3 is 2.69 bits per heavy atom. The first-order valence-corrected chi connectivity index (χ1v) is 9.62. The van der Waals surface area contributed by atoms with Crippen molar-refractivity contribution < 1.29 is 21.6 Å². The maximum atomic E-state index is 13.0. The van der Waals surface area contributed by atoms with Gasteiger partial charge in [-0.2, -0.15) is 5.10 Å². The van der Waals surface area contributed by atoms with Crippen LogP contribution >= 0.6 is 0 Å². The Kier molecular flexibility index (Phi) is 5.52. The van der Waals surface area contributed by atoms with Gasteiger partial charge in [0, 0.05) is 31.5 Å². The van der Waals surface area contributed by atoms with Crippen LogP contribution in [0.15, 0.2) is 41.6 Å². The van der Waals surface area contributed by atoms with Gasteiger partial charge in [0.2, 0.25) is 10.0 Å². The first kappa shape index (κ1) is 18.7. The summed E-state index contributed by atoms with van der Waals surface area (Å²) in [6.45, 7) is 0.994. The number of hydrogen-bond acceptors (Lipinski definition) is 4. The maximum Gasteiger partial charge on any atom is 0.257 e. The average molecular weight is 388 g/mol. The number of nitrogens with zero attached hydrogens (tertiary/aromatic N) is 3. The van der Waals surface area contributed by atoms with Gasteiger partial charge >= 0.3 is 0 Å². The van der Waals surface area contributed by atoms with Crippen LogP contribution in [0.3, 0.4) is 0 Å². The van der Waals surface area contributed by atoms with Gasteiger partial charge in [-0.15, -0.1) is 0 Å². The summed E-state index contributed by atoms with van der Waals surface area (Å²) in [6, 6.07) is 6.17. The van der Waals surface area contributed by atoms with Gasteiger partial charge in [0.15, 0.2) is 0 Å². The number of alkyl halides is 2. The Balaban J connectivity index is 1.55. The van der Waals surface area contributed by atoms with Crippen molar-refractivity contribution in [2.45, 2.75) is 24.3 Å². The van der Waals surface area contributed by atoms with Gasteiger partial charge < -0.3 is 4.90 Å². The molecule has 1 aliphatic heterocycles. The number of rotatable bonds is 7. The normalized spacial score (nSPS) is 18.0. The van der Waals surface area contributed by atoms with Crippen molar-refractivity contribution in [1.82, 2.24) is 14.5 Å². The van der Waals surface area contributed by atoms with Crippen LogP contribution in [0, 0.1) is 11.7 Å². The molecule has 0 saturated carbocycles. The Bertz CT molecular complexity index is 839. The van der Waals surface area contributed by atoms with E-state index in [1.165, 1.54) is 12.1 Å². The summed E-state index contributed by atoms with van der Waals surface area (Å²) in [6.07, 6.45) is 0.345. The highest BCUT2D eigenvalue weighted by Gasteiger charge is 2.25. The highest BCUT2D eigenvalue weighted by molar-refractivity contribution is 7.89. The standard InChI is InChI=1S/C16H19F3N4O2S/c17-13-1-3-14(4-2-13)22-6-5-12(9-22)7-21-26(24,25)15-8-20-23(10-15)11-16(18)19/h1-4,8,10,12,16,21H,5-7,9,11H2. The molecule has 0 amide bonds. The molecule has 1 unspecified atom stereocenters. The Hall–Kier alpha value is -2.07. The van der Waals surface area contributed by atoms with Crippen molar-refractivity contribution >= 4 is 15.7 Å². The Labute approximate surface area is 149 Å². The summed E-state index contributed by atoms with van der Waals surface area (Å²) < 4.78 is 65.6. The summed E-state index contributed by atoms with van der Waals surface area (Å²) in [4.78, 5) is 1.94. The minimum Gasteiger partial charge on any atom is -0.371 e. The molecule has 142 valence electrons. The zero-order chi connectivity index (χ0) is 18.7. The quantitative estimate of drug-likeness (QED) is 0.789. The Morgan fingerprint density at radius 2 is 2.00 bits per heavy atom. The summed E-state index contributed by atoms with van der Waals surface area (Å²) in [5, 5.41) is 3.64. The molecule has 10 heteroatoms. The third kappa shape index (κ3) is 4.55. The van der Waals surface area contributed by atoms with Crippen LogP contribution < -0.4 is 9.62 Å². The zero-order valence-corrected chi connectivity index (χ0v) is 14.7. The molecule has 1 aromatic carbocycles. The maximum absolute atomic E-state index is 13.0. The van der Waals surface area contributed by atoms with Crippen molar-refractivity contribution in [2.75, 3.05) is 24.5 Å². The van der Waals surface area contributed by atoms with Crippen molar-refractivity contribution in [2.24, 2.45) is 5.92 Å². The lowest BCUT2D eigenvalue weighted by molar-refractivity contribution is 0.121. The van der Waals surface area contributed by atoms with Crippen molar-refractivity contribution in [3.05, 3.63) is 42.5 Å². The van der Waals surface area contributed by atoms with E-state index in [0.29, 0.717) is 6.54 Å². The second-order valence-electron chi connectivity index (χ2n) is 6.22. The predicted octanol–water partition coefficient (Wildman–Crippen LogP) is 2.09. The SMILES string of the molecule is O=S(=O)(NCC1CCN(c2ccc(F)cc2)C1)c1cnn(CC(F)F)c1. The average Bonchev–Trinajstić information content (AvgIpc) is 3.23. The largest absolute Gasteiger partial charge is 0.371 e. The van der Waals surface area contributed by atoms with Crippen LogP contribution in [-0.4, -0.2) is 44.3 Å². The van der Waals surface area contributed by atoms with Gasteiger partial charge in [-0.25, -0.2) is 26.3 Å². The van der Waals surface area contributed by atoms with E-state index in [9.17, 15) is 21.6 Å². The highest BCUT2D eigenvalue weighted by Crippen LogP contribution is 2.24. The molecule has 2 heterocycles. The topological polar surface area (TPSA) is 67.2 Å². The van der Waals surface area contributed by atoms with E-state index in [1.54, 1.807) is 12.1 Å². The Morgan fingerprint density at radius 1 is 1.27 bits per heavy atom. The van der Waals surface area contributed by atoms with E-state index in [1.807, 2.05) is 0 Å². The zero-order valence-electron chi connectivity index (χ0n) is 13.9. The van der Waals surface area contributed by atoms with Gasteiger partial charge in [0.05, 0.1) is 6.20 Å². The molecule has 0 aliphatic carbocycles. The van der Waals surface area contributed by atoms with E-state index in [2.05, 4.69) is 14.7 Å². The van der Waals surface area contributed by atoms with Crippen LogP contribution in [-0.2, 0) is 16.6 Å². The third-order valence-electron chi connectivity index (χ3n) is 4.28. The molecular formula is C16H19F3N4O2S. The van der Waals surface area contributed by atoms with Crippen LogP contribution in [0.4, 0.5) is 18.9 Å².